The Labute approximate surface area is 206 Å². The number of halogens is 7. The van der Waals surface area contributed by atoms with Crippen molar-refractivity contribution in [2.45, 2.75) is 50.9 Å². The number of hydrogen-bond acceptors (Lipinski definition) is 6. The van der Waals surface area contributed by atoms with Gasteiger partial charge in [-0.2, -0.15) is 26.3 Å². The molecule has 1 aliphatic rings. The molecule has 37 heavy (non-hydrogen) atoms. The molecule has 1 amide bonds. The Hall–Kier alpha value is -2.97. The highest BCUT2D eigenvalue weighted by Gasteiger charge is 2.66. The highest BCUT2D eigenvalue weighted by Crippen LogP contribution is 2.55. The van der Waals surface area contributed by atoms with Crippen LogP contribution in [-0.4, -0.2) is 53.7 Å². The number of rotatable bonds is 9. The number of amides is 1. The van der Waals surface area contributed by atoms with Crippen molar-refractivity contribution >= 4 is 11.6 Å². The molecule has 1 aliphatic heterocycles. The van der Waals surface area contributed by atoms with Crippen molar-refractivity contribution in [3.8, 4) is 5.75 Å². The molecular formula is C23H23F7N2O5. The number of nitrogens with zero attached hydrogens (tertiary/aromatic N) is 1. The molecule has 4 atom stereocenters. The highest BCUT2D eigenvalue weighted by atomic mass is 19.4. The summed E-state index contributed by atoms with van der Waals surface area (Å²) in [5.74, 6) is -7.91. The first-order chi connectivity index (χ1) is 17.3. The van der Waals surface area contributed by atoms with Crippen LogP contribution in [0.25, 0.3) is 0 Å². The first-order valence-electron chi connectivity index (χ1n) is 10.9. The molecule has 2 N–H and O–H groups in total. The molecule has 0 bridgehead atoms. The molecule has 0 aliphatic carbocycles. The summed E-state index contributed by atoms with van der Waals surface area (Å²) in [7, 11) is 0. The van der Waals surface area contributed by atoms with Crippen LogP contribution >= 0.6 is 0 Å². The first kappa shape index (κ1) is 28.6. The van der Waals surface area contributed by atoms with E-state index in [0.717, 1.165) is 19.9 Å². The zero-order valence-electron chi connectivity index (χ0n) is 19.5. The van der Waals surface area contributed by atoms with Gasteiger partial charge >= 0.3 is 12.8 Å². The number of carbonyl (C=O) groups excluding carboxylic acids is 1. The SMILES string of the molecule is C[C@H]1[C@@H](c2ccc(F)c(F)c2OCCOC(F)F)[C@H](C(=O)Nc2ccnc(CO)c2)O[C@@]1(C)C(F)(F)F. The summed E-state index contributed by atoms with van der Waals surface area (Å²) in [6.07, 6.45) is -5.58. The molecule has 0 unspecified atom stereocenters. The number of nitrogens with one attached hydrogen (secondary N) is 1. The molecule has 2 aromatic rings. The van der Waals surface area contributed by atoms with Crippen molar-refractivity contribution in [3.05, 3.63) is 53.4 Å². The van der Waals surface area contributed by atoms with Gasteiger partial charge in [0, 0.05) is 29.3 Å². The van der Waals surface area contributed by atoms with Crippen LogP contribution in [0.1, 0.15) is 31.0 Å². The summed E-state index contributed by atoms with van der Waals surface area (Å²) in [6.45, 7) is -3.20. The fourth-order valence-corrected chi connectivity index (χ4v) is 4.12. The Morgan fingerprint density at radius 1 is 1.24 bits per heavy atom. The van der Waals surface area contributed by atoms with Gasteiger partial charge in [0.25, 0.3) is 5.91 Å². The summed E-state index contributed by atoms with van der Waals surface area (Å²) in [4.78, 5) is 17.0. The largest absolute Gasteiger partial charge is 0.488 e. The van der Waals surface area contributed by atoms with Crippen LogP contribution in [0.4, 0.5) is 36.4 Å². The lowest BCUT2D eigenvalue weighted by molar-refractivity contribution is -0.272. The van der Waals surface area contributed by atoms with E-state index in [9.17, 15) is 40.6 Å². The Morgan fingerprint density at radius 3 is 2.57 bits per heavy atom. The molecule has 204 valence electrons. The minimum Gasteiger partial charge on any atom is -0.488 e. The summed E-state index contributed by atoms with van der Waals surface area (Å²) in [5, 5.41) is 11.6. The van der Waals surface area contributed by atoms with Gasteiger partial charge in [0.1, 0.15) is 12.7 Å². The Morgan fingerprint density at radius 2 is 1.95 bits per heavy atom. The molecule has 1 saturated heterocycles. The van der Waals surface area contributed by atoms with Crippen LogP contribution in [0.15, 0.2) is 30.5 Å². The van der Waals surface area contributed by atoms with Gasteiger partial charge in [-0.15, -0.1) is 0 Å². The van der Waals surface area contributed by atoms with Crippen LogP contribution in [0.5, 0.6) is 5.75 Å². The van der Waals surface area contributed by atoms with Crippen molar-refractivity contribution in [1.82, 2.24) is 4.98 Å². The van der Waals surface area contributed by atoms with E-state index in [1.807, 2.05) is 0 Å². The zero-order valence-corrected chi connectivity index (χ0v) is 19.5. The molecule has 1 fully saturated rings. The van der Waals surface area contributed by atoms with Gasteiger partial charge in [-0.1, -0.05) is 13.0 Å². The lowest BCUT2D eigenvalue weighted by Crippen LogP contribution is -2.47. The molecule has 0 saturated carbocycles. The van der Waals surface area contributed by atoms with Gasteiger partial charge in [-0.3, -0.25) is 9.78 Å². The molecule has 14 heteroatoms. The monoisotopic (exact) mass is 540 g/mol. The quantitative estimate of drug-likeness (QED) is 0.359. The summed E-state index contributed by atoms with van der Waals surface area (Å²) < 4.78 is 110. The molecule has 2 heterocycles. The Kier molecular flexibility index (Phi) is 8.65. The molecule has 1 aromatic carbocycles. The fraction of sp³-hybridized carbons (Fsp3) is 0.478. The number of ether oxygens (including phenoxy) is 3. The summed E-state index contributed by atoms with van der Waals surface area (Å²) >= 11 is 0. The number of hydrogen-bond donors (Lipinski definition) is 2. The van der Waals surface area contributed by atoms with Crippen molar-refractivity contribution in [3.63, 3.8) is 0 Å². The van der Waals surface area contributed by atoms with Crippen LogP contribution in [-0.2, 0) is 20.9 Å². The number of pyridine rings is 1. The average Bonchev–Trinajstić information content (AvgIpc) is 3.11. The number of aliphatic hydroxyl groups is 1. The third-order valence-corrected chi connectivity index (χ3v) is 6.19. The fourth-order valence-electron chi connectivity index (χ4n) is 4.12. The summed E-state index contributed by atoms with van der Waals surface area (Å²) in [5.41, 5.74) is -2.96. The van der Waals surface area contributed by atoms with Crippen molar-refractivity contribution in [2.24, 2.45) is 5.92 Å². The van der Waals surface area contributed by atoms with Gasteiger partial charge in [-0.25, -0.2) is 4.39 Å². The summed E-state index contributed by atoms with van der Waals surface area (Å²) in [6, 6.07) is 4.20. The Bertz CT molecular complexity index is 1120. The maximum Gasteiger partial charge on any atom is 0.417 e. The van der Waals surface area contributed by atoms with E-state index in [0.29, 0.717) is 6.07 Å². The van der Waals surface area contributed by atoms with E-state index >= 15 is 0 Å². The van der Waals surface area contributed by atoms with Crippen molar-refractivity contribution < 1.29 is 54.8 Å². The normalized spacial score (nSPS) is 23.9. The lowest BCUT2D eigenvalue weighted by Gasteiger charge is -2.32. The molecule has 1 aromatic heterocycles. The van der Waals surface area contributed by atoms with Crippen LogP contribution < -0.4 is 10.1 Å². The van der Waals surface area contributed by atoms with Crippen LogP contribution in [0, 0.1) is 17.6 Å². The maximum absolute atomic E-state index is 14.7. The predicted octanol–water partition coefficient (Wildman–Crippen LogP) is 4.55. The maximum atomic E-state index is 14.7. The molecule has 7 nitrogen and oxygen atoms in total. The average molecular weight is 540 g/mol. The minimum atomic E-state index is -4.97. The Balaban J connectivity index is 2.03. The molecule has 3 rings (SSSR count). The number of aliphatic hydroxyl groups excluding tert-OH is 1. The molecule has 0 spiro atoms. The van der Waals surface area contributed by atoms with Crippen molar-refractivity contribution in [1.29, 1.82) is 0 Å². The van der Waals surface area contributed by atoms with E-state index in [4.69, 9.17) is 9.47 Å². The van der Waals surface area contributed by atoms with E-state index in [1.165, 1.54) is 18.3 Å². The third kappa shape index (κ3) is 5.96. The topological polar surface area (TPSA) is 89.9 Å². The smallest absolute Gasteiger partial charge is 0.417 e. The number of aromatic nitrogens is 1. The highest BCUT2D eigenvalue weighted by molar-refractivity contribution is 5.95. The standard InChI is InChI=1S/C23H23F7N2O5/c1-11-16(14-3-4-15(24)17(25)18(14)35-7-8-36-21(26)27)19(37-22(11,2)23(28,29)30)20(34)32-12-5-6-31-13(9-12)10-33/h3-6,9,11,16,19,21,33H,7-8,10H2,1-2H3,(H,31,32,34)/t11-,16-,19+,22+/m0/s1. The van der Waals surface area contributed by atoms with E-state index in [-0.39, 0.29) is 16.9 Å². The van der Waals surface area contributed by atoms with Crippen molar-refractivity contribution in [2.75, 3.05) is 18.5 Å². The van der Waals surface area contributed by atoms with Gasteiger partial charge in [0.2, 0.25) is 5.82 Å². The number of benzene rings is 1. The second kappa shape index (κ2) is 11.2. The second-order valence-electron chi connectivity index (χ2n) is 8.40. The second-order valence-corrected chi connectivity index (χ2v) is 8.40. The van der Waals surface area contributed by atoms with Gasteiger partial charge in [-0.05, 0) is 25.1 Å². The molecule has 0 radical (unpaired) electrons. The third-order valence-electron chi connectivity index (χ3n) is 6.19. The first-order valence-corrected chi connectivity index (χ1v) is 10.9. The van der Waals surface area contributed by atoms with E-state index in [1.54, 1.807) is 0 Å². The van der Waals surface area contributed by atoms with Gasteiger partial charge < -0.3 is 24.6 Å². The number of carbonyl (C=O) groups is 1. The van der Waals surface area contributed by atoms with Gasteiger partial charge in [0.05, 0.1) is 18.9 Å². The lowest BCUT2D eigenvalue weighted by atomic mass is 9.77. The van der Waals surface area contributed by atoms with Crippen LogP contribution in [0.2, 0.25) is 0 Å². The predicted molar refractivity (Wildman–Crippen MR) is 114 cm³/mol. The minimum absolute atomic E-state index is 0.0885. The molecular weight excluding hydrogens is 517 g/mol. The number of alkyl halides is 5. The zero-order chi connectivity index (χ0) is 27.5. The van der Waals surface area contributed by atoms with Gasteiger partial charge in [0.15, 0.2) is 17.2 Å². The number of anilines is 1. The van der Waals surface area contributed by atoms with E-state index < -0.39 is 79.4 Å². The van der Waals surface area contributed by atoms with E-state index in [2.05, 4.69) is 15.0 Å². The van der Waals surface area contributed by atoms with Crippen LogP contribution in [0.3, 0.4) is 0 Å².